The summed E-state index contributed by atoms with van der Waals surface area (Å²) in [5.41, 5.74) is 3.72. The molecule has 1 aliphatic rings. The van der Waals surface area contributed by atoms with Gasteiger partial charge in [0.15, 0.2) is 0 Å². The van der Waals surface area contributed by atoms with Crippen LogP contribution in [0.5, 0.6) is 0 Å². The maximum atomic E-state index is 12.4. The number of carbonyl (C=O) groups excluding carboxylic acids is 3. The van der Waals surface area contributed by atoms with Gasteiger partial charge in [0.2, 0.25) is 5.91 Å². The summed E-state index contributed by atoms with van der Waals surface area (Å²) < 4.78 is 4.72. The van der Waals surface area contributed by atoms with Gasteiger partial charge in [0, 0.05) is 42.3 Å². The standard InChI is InChI=1S/C24H28N4O4/c1-16(29)28(13-5-12-27(2)3)19-9-7-18(8-10-19)25-15-21-20-11-6-17(24(31)32-4)14-22(20)26-23(21)30/h6-11,14-15,25H,5,12-13H2,1-4H3,(H,26,30)/b21-15-. The zero-order valence-corrected chi connectivity index (χ0v) is 18.8. The molecule has 32 heavy (non-hydrogen) atoms. The summed E-state index contributed by atoms with van der Waals surface area (Å²) in [4.78, 5) is 40.0. The number of esters is 1. The number of hydrogen-bond acceptors (Lipinski definition) is 6. The van der Waals surface area contributed by atoms with E-state index < -0.39 is 5.97 Å². The van der Waals surface area contributed by atoms with Gasteiger partial charge >= 0.3 is 5.97 Å². The van der Waals surface area contributed by atoms with Crippen LogP contribution < -0.4 is 15.5 Å². The van der Waals surface area contributed by atoms with Crippen LogP contribution in [0.2, 0.25) is 0 Å². The van der Waals surface area contributed by atoms with E-state index in [0.29, 0.717) is 28.9 Å². The fourth-order valence-electron chi connectivity index (χ4n) is 3.49. The van der Waals surface area contributed by atoms with E-state index in [9.17, 15) is 14.4 Å². The van der Waals surface area contributed by atoms with Gasteiger partial charge in [-0.1, -0.05) is 6.07 Å². The van der Waals surface area contributed by atoms with Crippen LogP contribution in [0.1, 0.15) is 29.3 Å². The maximum Gasteiger partial charge on any atom is 0.337 e. The van der Waals surface area contributed by atoms with Crippen LogP contribution in [-0.4, -0.2) is 57.0 Å². The Morgan fingerprint density at radius 1 is 1.09 bits per heavy atom. The number of anilines is 3. The van der Waals surface area contributed by atoms with E-state index in [0.717, 1.165) is 24.3 Å². The lowest BCUT2D eigenvalue weighted by molar-refractivity contribution is -0.116. The third-order valence-corrected chi connectivity index (χ3v) is 5.15. The van der Waals surface area contributed by atoms with E-state index in [4.69, 9.17) is 4.74 Å². The molecule has 8 heteroatoms. The number of nitrogens with one attached hydrogen (secondary N) is 2. The fraction of sp³-hybridized carbons (Fsp3) is 0.292. The van der Waals surface area contributed by atoms with E-state index in [1.165, 1.54) is 7.11 Å². The summed E-state index contributed by atoms with van der Waals surface area (Å²) >= 11 is 0. The number of methoxy groups -OCH3 is 1. The molecule has 1 aliphatic heterocycles. The van der Waals surface area contributed by atoms with Crippen LogP contribution >= 0.6 is 0 Å². The molecule has 0 saturated carbocycles. The number of amides is 2. The average molecular weight is 437 g/mol. The SMILES string of the molecule is COC(=O)c1ccc2c(c1)NC(=O)/C2=C\Nc1ccc(N(CCCN(C)C)C(C)=O)cc1. The van der Waals surface area contributed by atoms with Crippen molar-refractivity contribution < 1.29 is 19.1 Å². The summed E-state index contributed by atoms with van der Waals surface area (Å²) in [5.74, 6) is -0.717. The third kappa shape index (κ3) is 5.33. The quantitative estimate of drug-likeness (QED) is 0.488. The zero-order chi connectivity index (χ0) is 23.3. The Balaban J connectivity index is 1.71. The third-order valence-electron chi connectivity index (χ3n) is 5.15. The number of benzene rings is 2. The monoisotopic (exact) mass is 436 g/mol. The Morgan fingerprint density at radius 3 is 2.44 bits per heavy atom. The van der Waals surface area contributed by atoms with Gasteiger partial charge in [-0.15, -0.1) is 0 Å². The Kier molecular flexibility index (Phi) is 7.27. The van der Waals surface area contributed by atoms with Crippen molar-refractivity contribution in [2.75, 3.05) is 49.8 Å². The number of nitrogens with zero attached hydrogens (tertiary/aromatic N) is 2. The molecule has 1 heterocycles. The normalized spacial score (nSPS) is 13.7. The second kappa shape index (κ2) is 10.1. The molecule has 0 atom stereocenters. The first kappa shape index (κ1) is 23.0. The molecule has 2 amide bonds. The minimum absolute atomic E-state index is 0.00265. The van der Waals surface area contributed by atoms with E-state index >= 15 is 0 Å². The highest BCUT2D eigenvalue weighted by Gasteiger charge is 2.25. The maximum absolute atomic E-state index is 12.4. The second-order valence-electron chi connectivity index (χ2n) is 7.78. The predicted octanol–water partition coefficient (Wildman–Crippen LogP) is 3.18. The van der Waals surface area contributed by atoms with Crippen LogP contribution in [0.3, 0.4) is 0 Å². The van der Waals surface area contributed by atoms with Crippen molar-refractivity contribution in [1.82, 2.24) is 4.90 Å². The lowest BCUT2D eigenvalue weighted by Gasteiger charge is -2.22. The molecule has 0 aromatic heterocycles. The molecule has 0 aliphatic carbocycles. The smallest absolute Gasteiger partial charge is 0.337 e. The first-order valence-corrected chi connectivity index (χ1v) is 10.3. The van der Waals surface area contributed by atoms with E-state index in [1.54, 1.807) is 36.2 Å². The predicted molar refractivity (Wildman–Crippen MR) is 126 cm³/mol. The van der Waals surface area contributed by atoms with Gasteiger partial charge in [-0.2, -0.15) is 0 Å². The molecule has 2 aromatic rings. The van der Waals surface area contributed by atoms with Crippen LogP contribution in [0.15, 0.2) is 48.7 Å². The summed E-state index contributed by atoms with van der Waals surface area (Å²) in [6.45, 7) is 3.12. The van der Waals surface area contributed by atoms with Crippen LogP contribution in [-0.2, 0) is 14.3 Å². The van der Waals surface area contributed by atoms with E-state index in [2.05, 4.69) is 15.5 Å². The fourth-order valence-corrected chi connectivity index (χ4v) is 3.49. The number of carbonyl (C=O) groups is 3. The molecule has 0 spiro atoms. The molecule has 0 fully saturated rings. The molecule has 0 radical (unpaired) electrons. The highest BCUT2D eigenvalue weighted by molar-refractivity contribution is 6.31. The average Bonchev–Trinajstić information content (AvgIpc) is 3.08. The molecule has 2 N–H and O–H groups in total. The molecule has 8 nitrogen and oxygen atoms in total. The van der Waals surface area contributed by atoms with Crippen molar-refractivity contribution in [1.29, 1.82) is 0 Å². The second-order valence-corrected chi connectivity index (χ2v) is 7.78. The van der Waals surface area contributed by atoms with Crippen molar-refractivity contribution in [2.45, 2.75) is 13.3 Å². The number of ether oxygens (including phenoxy) is 1. The van der Waals surface area contributed by atoms with Gasteiger partial charge in [0.25, 0.3) is 5.91 Å². The molecule has 0 bridgehead atoms. The molecule has 0 unspecified atom stereocenters. The number of rotatable bonds is 8. The van der Waals surface area contributed by atoms with Gasteiger partial charge in [-0.05, 0) is 63.5 Å². The van der Waals surface area contributed by atoms with Crippen molar-refractivity contribution in [3.05, 3.63) is 59.8 Å². The first-order chi connectivity index (χ1) is 15.3. The zero-order valence-electron chi connectivity index (χ0n) is 18.8. The Hall–Kier alpha value is -3.65. The van der Waals surface area contributed by atoms with Gasteiger partial charge in [-0.3, -0.25) is 9.59 Å². The van der Waals surface area contributed by atoms with Crippen LogP contribution in [0, 0.1) is 0 Å². The largest absolute Gasteiger partial charge is 0.465 e. The lowest BCUT2D eigenvalue weighted by atomic mass is 10.1. The van der Waals surface area contributed by atoms with Gasteiger partial charge in [0.05, 0.1) is 18.2 Å². The summed E-state index contributed by atoms with van der Waals surface area (Å²) in [6.07, 6.45) is 2.51. The van der Waals surface area contributed by atoms with Gasteiger partial charge < -0.3 is 25.2 Å². The van der Waals surface area contributed by atoms with Crippen molar-refractivity contribution >= 4 is 40.4 Å². The van der Waals surface area contributed by atoms with Crippen LogP contribution in [0.4, 0.5) is 17.1 Å². The molecule has 3 rings (SSSR count). The van der Waals surface area contributed by atoms with Gasteiger partial charge in [-0.25, -0.2) is 4.79 Å². The first-order valence-electron chi connectivity index (χ1n) is 10.3. The molecular formula is C24H28N4O4. The molecule has 168 valence electrons. The van der Waals surface area contributed by atoms with E-state index in [1.807, 2.05) is 38.4 Å². The van der Waals surface area contributed by atoms with Crippen molar-refractivity contribution in [3.63, 3.8) is 0 Å². The Labute approximate surface area is 187 Å². The van der Waals surface area contributed by atoms with E-state index in [-0.39, 0.29) is 11.8 Å². The number of fused-ring (bicyclic) bond motifs is 1. The molecule has 2 aromatic carbocycles. The highest BCUT2D eigenvalue weighted by atomic mass is 16.5. The minimum atomic E-state index is -0.459. The highest BCUT2D eigenvalue weighted by Crippen LogP contribution is 2.32. The summed E-state index contributed by atoms with van der Waals surface area (Å²) in [6, 6.07) is 12.4. The van der Waals surface area contributed by atoms with Crippen molar-refractivity contribution in [2.24, 2.45) is 0 Å². The molecular weight excluding hydrogens is 408 g/mol. The van der Waals surface area contributed by atoms with Crippen LogP contribution in [0.25, 0.3) is 5.57 Å². The van der Waals surface area contributed by atoms with Gasteiger partial charge in [0.1, 0.15) is 0 Å². The van der Waals surface area contributed by atoms with Crippen molar-refractivity contribution in [3.8, 4) is 0 Å². The lowest BCUT2D eigenvalue weighted by Crippen LogP contribution is -2.31. The number of hydrogen-bond donors (Lipinski definition) is 2. The topological polar surface area (TPSA) is 91.0 Å². The Morgan fingerprint density at radius 2 is 1.81 bits per heavy atom. The summed E-state index contributed by atoms with van der Waals surface area (Å²) in [7, 11) is 5.33. The molecule has 0 saturated heterocycles. The Bertz CT molecular complexity index is 1040. The minimum Gasteiger partial charge on any atom is -0.465 e. The summed E-state index contributed by atoms with van der Waals surface area (Å²) in [5, 5.41) is 5.90.